The summed E-state index contributed by atoms with van der Waals surface area (Å²) in [5.74, 6) is 0. The van der Waals surface area contributed by atoms with Crippen molar-refractivity contribution in [1.82, 2.24) is 10.3 Å². The molecule has 3 heteroatoms. The molecule has 1 aromatic heterocycles. The maximum Gasteiger partial charge on any atom is 0.0456 e. The summed E-state index contributed by atoms with van der Waals surface area (Å²) in [6, 6.07) is 2.78. The maximum atomic E-state index is 4.44. The van der Waals surface area contributed by atoms with Gasteiger partial charge in [-0.1, -0.05) is 0 Å². The highest BCUT2D eigenvalue weighted by molar-refractivity contribution is 5.54. The molecule has 1 aromatic rings. The molecule has 2 heterocycles. The molecular weight excluding hydrogens is 198 g/mol. The average molecular weight is 217 g/mol. The first kappa shape index (κ1) is 10.1. The average Bonchev–Trinajstić information content (AvgIpc) is 2.97. The van der Waals surface area contributed by atoms with E-state index in [1.165, 1.54) is 49.2 Å². The normalized spacial score (nSPS) is 23.4. The van der Waals surface area contributed by atoms with Gasteiger partial charge in [-0.15, -0.1) is 0 Å². The zero-order chi connectivity index (χ0) is 10.8. The molecule has 2 aliphatic rings. The smallest absolute Gasteiger partial charge is 0.0456 e. The van der Waals surface area contributed by atoms with Gasteiger partial charge in [0.1, 0.15) is 0 Å². The second-order valence-corrected chi connectivity index (χ2v) is 4.81. The minimum absolute atomic E-state index is 0.658. The molecule has 0 radical (unpaired) electrons. The van der Waals surface area contributed by atoms with Gasteiger partial charge in [0.05, 0.1) is 0 Å². The molecule has 1 aliphatic carbocycles. The van der Waals surface area contributed by atoms with E-state index >= 15 is 0 Å². The van der Waals surface area contributed by atoms with Crippen LogP contribution in [0.5, 0.6) is 0 Å². The molecule has 86 valence electrons. The lowest BCUT2D eigenvalue weighted by molar-refractivity contribution is 0.633. The second kappa shape index (κ2) is 4.42. The van der Waals surface area contributed by atoms with E-state index in [1.54, 1.807) is 0 Å². The zero-order valence-electron chi connectivity index (χ0n) is 9.63. The van der Waals surface area contributed by atoms with E-state index in [2.05, 4.69) is 21.7 Å². The van der Waals surface area contributed by atoms with E-state index in [1.807, 2.05) is 6.20 Å². The van der Waals surface area contributed by atoms with Crippen molar-refractivity contribution in [2.75, 3.05) is 18.4 Å². The van der Waals surface area contributed by atoms with E-state index in [0.29, 0.717) is 6.04 Å². The number of anilines is 1. The lowest BCUT2D eigenvalue weighted by atomic mass is 10.1. The second-order valence-electron chi connectivity index (χ2n) is 4.81. The molecule has 3 nitrogen and oxygen atoms in total. The Labute approximate surface area is 96.7 Å². The van der Waals surface area contributed by atoms with Gasteiger partial charge in [0.25, 0.3) is 0 Å². The van der Waals surface area contributed by atoms with Crippen LogP contribution in [0.25, 0.3) is 0 Å². The summed E-state index contributed by atoms with van der Waals surface area (Å²) < 4.78 is 0. The van der Waals surface area contributed by atoms with Gasteiger partial charge in [0, 0.05) is 30.2 Å². The number of nitrogens with one attached hydrogen (secondary N) is 2. The van der Waals surface area contributed by atoms with Crippen LogP contribution in [0.1, 0.15) is 30.5 Å². The Balaban J connectivity index is 1.67. The molecule has 0 bridgehead atoms. The van der Waals surface area contributed by atoms with Gasteiger partial charge in [-0.3, -0.25) is 4.98 Å². The highest BCUT2D eigenvalue weighted by Gasteiger charge is 2.17. The minimum atomic E-state index is 0.658. The van der Waals surface area contributed by atoms with Gasteiger partial charge in [0.2, 0.25) is 0 Å². The van der Waals surface area contributed by atoms with Gasteiger partial charge in [-0.25, -0.2) is 0 Å². The van der Waals surface area contributed by atoms with E-state index in [9.17, 15) is 0 Å². The van der Waals surface area contributed by atoms with Crippen molar-refractivity contribution >= 4 is 5.69 Å². The van der Waals surface area contributed by atoms with Crippen LogP contribution in [0.2, 0.25) is 0 Å². The molecule has 16 heavy (non-hydrogen) atoms. The van der Waals surface area contributed by atoms with Crippen LogP contribution in [0.4, 0.5) is 5.69 Å². The first-order valence-corrected chi connectivity index (χ1v) is 6.37. The fourth-order valence-corrected chi connectivity index (χ4v) is 2.79. The Bertz CT molecular complexity index is 369. The van der Waals surface area contributed by atoms with Crippen LogP contribution in [-0.4, -0.2) is 24.1 Å². The van der Waals surface area contributed by atoms with Crippen molar-refractivity contribution < 1.29 is 0 Å². The number of nitrogens with zero attached hydrogens (tertiary/aromatic N) is 1. The highest BCUT2D eigenvalue weighted by Crippen LogP contribution is 2.26. The summed E-state index contributed by atoms with van der Waals surface area (Å²) in [5.41, 5.74) is 4.08. The molecule has 0 spiro atoms. The third kappa shape index (κ3) is 1.92. The van der Waals surface area contributed by atoms with Crippen LogP contribution >= 0.6 is 0 Å². The zero-order valence-corrected chi connectivity index (χ0v) is 9.63. The van der Waals surface area contributed by atoms with Crippen molar-refractivity contribution in [3.63, 3.8) is 0 Å². The van der Waals surface area contributed by atoms with Gasteiger partial charge in [-0.05, 0) is 50.3 Å². The van der Waals surface area contributed by atoms with Crippen LogP contribution < -0.4 is 10.6 Å². The molecule has 1 fully saturated rings. The molecule has 1 unspecified atom stereocenters. The molecule has 1 atom stereocenters. The lowest BCUT2D eigenvalue weighted by Gasteiger charge is -2.15. The monoisotopic (exact) mass is 217 g/mol. The molecule has 3 rings (SSSR count). The number of aryl methyl sites for hydroxylation is 1. The predicted octanol–water partition coefficient (Wildman–Crippen LogP) is 1.73. The molecule has 0 aromatic carbocycles. The molecule has 2 N–H and O–H groups in total. The van der Waals surface area contributed by atoms with Crippen LogP contribution in [0, 0.1) is 0 Å². The Kier molecular flexibility index (Phi) is 2.79. The summed E-state index contributed by atoms with van der Waals surface area (Å²) >= 11 is 0. The van der Waals surface area contributed by atoms with Crippen molar-refractivity contribution in [3.05, 3.63) is 23.5 Å². The number of aromatic nitrogens is 1. The maximum absolute atomic E-state index is 4.44. The summed E-state index contributed by atoms with van der Waals surface area (Å²) in [4.78, 5) is 4.44. The van der Waals surface area contributed by atoms with Crippen LogP contribution in [0.15, 0.2) is 12.3 Å². The fraction of sp³-hybridized carbons (Fsp3) is 0.615. The lowest BCUT2D eigenvalue weighted by Crippen LogP contribution is -2.29. The highest BCUT2D eigenvalue weighted by atomic mass is 15.0. The van der Waals surface area contributed by atoms with E-state index in [4.69, 9.17) is 0 Å². The standard InChI is InChI=1S/C13H19N3/c1-4-11-12(5-1)15-8-6-13(11)16-9-10-3-2-7-14-10/h6,8,10,14H,1-5,7,9H2,(H,15,16). The van der Waals surface area contributed by atoms with Gasteiger partial charge in [0.15, 0.2) is 0 Å². The summed E-state index contributed by atoms with van der Waals surface area (Å²) in [6.07, 6.45) is 8.19. The fourth-order valence-electron chi connectivity index (χ4n) is 2.79. The van der Waals surface area contributed by atoms with Gasteiger partial charge in [-0.2, -0.15) is 0 Å². The van der Waals surface area contributed by atoms with Gasteiger partial charge < -0.3 is 10.6 Å². The largest absolute Gasteiger partial charge is 0.383 e. The third-order valence-corrected chi connectivity index (χ3v) is 3.69. The summed E-state index contributed by atoms with van der Waals surface area (Å²) in [5, 5.41) is 7.10. The first-order valence-electron chi connectivity index (χ1n) is 6.37. The number of hydrogen-bond acceptors (Lipinski definition) is 3. The van der Waals surface area contributed by atoms with Gasteiger partial charge >= 0.3 is 0 Å². The van der Waals surface area contributed by atoms with Crippen molar-refractivity contribution in [1.29, 1.82) is 0 Å². The van der Waals surface area contributed by atoms with Crippen molar-refractivity contribution in [3.8, 4) is 0 Å². The van der Waals surface area contributed by atoms with E-state index < -0.39 is 0 Å². The molecule has 1 saturated heterocycles. The summed E-state index contributed by atoms with van der Waals surface area (Å²) in [6.45, 7) is 2.23. The first-order chi connectivity index (χ1) is 7.93. The molecule has 1 aliphatic heterocycles. The number of hydrogen-bond donors (Lipinski definition) is 2. The van der Waals surface area contributed by atoms with Crippen LogP contribution in [0.3, 0.4) is 0 Å². The Morgan fingerprint density at radius 3 is 3.25 bits per heavy atom. The van der Waals surface area contributed by atoms with Crippen molar-refractivity contribution in [2.45, 2.75) is 38.1 Å². The minimum Gasteiger partial charge on any atom is -0.383 e. The third-order valence-electron chi connectivity index (χ3n) is 3.69. The Hall–Kier alpha value is -1.09. The number of fused-ring (bicyclic) bond motifs is 1. The number of rotatable bonds is 3. The van der Waals surface area contributed by atoms with E-state index in [0.717, 1.165) is 13.0 Å². The molecular formula is C13H19N3. The predicted molar refractivity (Wildman–Crippen MR) is 65.8 cm³/mol. The topological polar surface area (TPSA) is 37.0 Å². The molecule has 0 amide bonds. The Morgan fingerprint density at radius 2 is 2.38 bits per heavy atom. The summed E-state index contributed by atoms with van der Waals surface area (Å²) in [7, 11) is 0. The van der Waals surface area contributed by atoms with E-state index in [-0.39, 0.29) is 0 Å². The van der Waals surface area contributed by atoms with Crippen LogP contribution in [-0.2, 0) is 12.8 Å². The number of pyridine rings is 1. The Morgan fingerprint density at radius 1 is 1.38 bits per heavy atom. The van der Waals surface area contributed by atoms with Crippen molar-refractivity contribution in [2.24, 2.45) is 0 Å². The quantitative estimate of drug-likeness (QED) is 0.809. The molecule has 0 saturated carbocycles. The SMILES string of the molecule is c1cc(NCC2CCCN2)c2c(n1)CCC2.